The predicted molar refractivity (Wildman–Crippen MR) is 70.3 cm³/mol. The van der Waals surface area contributed by atoms with Crippen LogP contribution in [0.5, 0.6) is 5.75 Å². The van der Waals surface area contributed by atoms with Crippen LogP contribution < -0.4 is 4.74 Å². The third-order valence-corrected chi connectivity index (χ3v) is 2.48. The number of ether oxygens (including phenoxy) is 1. The number of hydrogen-bond donors (Lipinski definition) is 1. The zero-order chi connectivity index (χ0) is 14.8. The van der Waals surface area contributed by atoms with E-state index in [0.717, 1.165) is 0 Å². The Morgan fingerprint density at radius 2 is 1.70 bits per heavy atom. The lowest BCUT2D eigenvalue weighted by Gasteiger charge is -2.19. The summed E-state index contributed by atoms with van der Waals surface area (Å²) in [5.74, 6) is 0.551. The maximum absolute atomic E-state index is 9.80. The molecule has 0 amide bonds. The molecule has 0 saturated heterocycles. The van der Waals surface area contributed by atoms with Crippen molar-refractivity contribution in [2.45, 2.75) is 6.10 Å². The average Bonchev–Trinajstić information content (AvgIpc) is 2.46. The van der Waals surface area contributed by atoms with Crippen LogP contribution in [0.3, 0.4) is 0 Å². The van der Waals surface area contributed by atoms with Crippen molar-refractivity contribution < 1.29 is 9.84 Å². The number of aliphatic hydroxyl groups excluding tert-OH is 1. The molecule has 20 heavy (non-hydrogen) atoms. The fourth-order valence-corrected chi connectivity index (χ4v) is 1.55. The molecule has 0 radical (unpaired) electrons. The van der Waals surface area contributed by atoms with Crippen molar-refractivity contribution in [3.05, 3.63) is 29.8 Å². The van der Waals surface area contributed by atoms with Crippen molar-refractivity contribution in [1.29, 1.82) is 15.8 Å². The van der Waals surface area contributed by atoms with Gasteiger partial charge in [0.1, 0.15) is 18.5 Å². The first-order valence-electron chi connectivity index (χ1n) is 5.97. The Kier molecular flexibility index (Phi) is 6.57. The highest BCUT2D eigenvalue weighted by Gasteiger charge is 2.12. The molecule has 0 spiro atoms. The summed E-state index contributed by atoms with van der Waals surface area (Å²) in [4.78, 5) is 1.53. The van der Waals surface area contributed by atoms with E-state index in [0.29, 0.717) is 11.3 Å². The minimum atomic E-state index is -0.799. The third-order valence-electron chi connectivity index (χ3n) is 2.48. The molecule has 6 nitrogen and oxygen atoms in total. The van der Waals surface area contributed by atoms with E-state index in [1.54, 1.807) is 24.3 Å². The van der Waals surface area contributed by atoms with Crippen molar-refractivity contribution >= 4 is 0 Å². The Morgan fingerprint density at radius 3 is 2.20 bits per heavy atom. The van der Waals surface area contributed by atoms with Crippen LogP contribution in [0.4, 0.5) is 0 Å². The molecule has 0 heterocycles. The van der Waals surface area contributed by atoms with E-state index in [1.807, 2.05) is 18.2 Å². The van der Waals surface area contributed by atoms with E-state index >= 15 is 0 Å². The number of rotatable bonds is 7. The Morgan fingerprint density at radius 1 is 1.10 bits per heavy atom. The molecule has 1 rings (SSSR count). The predicted octanol–water partition coefficient (Wildman–Crippen LogP) is 0.647. The zero-order valence-electron chi connectivity index (χ0n) is 10.9. The minimum Gasteiger partial charge on any atom is -0.491 e. The molecule has 1 aromatic rings. The van der Waals surface area contributed by atoms with Gasteiger partial charge in [-0.05, 0) is 24.3 Å². The normalized spacial score (nSPS) is 11.2. The van der Waals surface area contributed by atoms with Gasteiger partial charge in [0, 0.05) is 6.54 Å². The van der Waals surface area contributed by atoms with Gasteiger partial charge in [0.05, 0.1) is 36.9 Å². The quantitative estimate of drug-likeness (QED) is 0.729. The van der Waals surface area contributed by atoms with Crippen molar-refractivity contribution in [2.75, 3.05) is 26.2 Å². The van der Waals surface area contributed by atoms with E-state index in [4.69, 9.17) is 20.5 Å². The molecule has 0 aliphatic rings. The third kappa shape index (κ3) is 5.37. The van der Waals surface area contributed by atoms with Gasteiger partial charge in [-0.1, -0.05) is 0 Å². The van der Waals surface area contributed by atoms with Gasteiger partial charge in [0.2, 0.25) is 0 Å². The molecule has 6 heteroatoms. The lowest BCUT2D eigenvalue weighted by molar-refractivity contribution is 0.0763. The summed E-state index contributed by atoms with van der Waals surface area (Å²) in [7, 11) is 0. The maximum Gasteiger partial charge on any atom is 0.119 e. The molecule has 0 aliphatic heterocycles. The highest BCUT2D eigenvalue weighted by atomic mass is 16.5. The summed E-state index contributed by atoms with van der Waals surface area (Å²) in [5, 5.41) is 35.6. The largest absolute Gasteiger partial charge is 0.491 e. The molecule has 1 atom stereocenters. The molecule has 1 N–H and O–H groups in total. The second kappa shape index (κ2) is 8.50. The first kappa shape index (κ1) is 15.5. The van der Waals surface area contributed by atoms with Crippen LogP contribution in [0.25, 0.3) is 0 Å². The van der Waals surface area contributed by atoms with Gasteiger partial charge in [0.25, 0.3) is 0 Å². The summed E-state index contributed by atoms with van der Waals surface area (Å²) in [5.41, 5.74) is 0.534. The fourth-order valence-electron chi connectivity index (χ4n) is 1.55. The minimum absolute atomic E-state index is 0.0548. The van der Waals surface area contributed by atoms with E-state index in [9.17, 15) is 5.11 Å². The molecular formula is C14H14N4O2. The molecule has 102 valence electrons. The van der Waals surface area contributed by atoms with Crippen molar-refractivity contribution in [3.8, 4) is 24.0 Å². The van der Waals surface area contributed by atoms with Crippen molar-refractivity contribution in [2.24, 2.45) is 0 Å². The maximum atomic E-state index is 9.80. The molecule has 0 bridgehead atoms. The second-order valence-corrected chi connectivity index (χ2v) is 4.09. The highest BCUT2D eigenvalue weighted by molar-refractivity contribution is 5.34. The topological polar surface area (TPSA) is 104 Å². The van der Waals surface area contributed by atoms with E-state index in [1.165, 1.54) is 4.90 Å². The fraction of sp³-hybridized carbons (Fsp3) is 0.357. The van der Waals surface area contributed by atoms with Gasteiger partial charge in [-0.15, -0.1) is 0 Å². The second-order valence-electron chi connectivity index (χ2n) is 4.09. The van der Waals surface area contributed by atoms with Crippen LogP contribution in [-0.4, -0.2) is 42.4 Å². The summed E-state index contributed by atoms with van der Waals surface area (Å²) in [6.45, 7) is 0.416. The van der Waals surface area contributed by atoms with Crippen LogP contribution in [0.1, 0.15) is 5.56 Å². The standard InChI is InChI=1S/C14H14N4O2/c15-5-7-18(8-6-16)10-13(19)11-20-14-3-1-12(9-17)2-4-14/h1-4,13,19H,7-8,10-11H2. The van der Waals surface area contributed by atoms with E-state index < -0.39 is 6.10 Å². The van der Waals surface area contributed by atoms with Crippen LogP contribution in [0, 0.1) is 34.0 Å². The first-order chi connectivity index (χ1) is 9.69. The van der Waals surface area contributed by atoms with Crippen molar-refractivity contribution in [1.82, 2.24) is 4.90 Å². The lowest BCUT2D eigenvalue weighted by Crippen LogP contribution is -2.36. The molecule has 0 saturated carbocycles. The number of nitriles is 3. The van der Waals surface area contributed by atoms with Crippen LogP contribution in [0.15, 0.2) is 24.3 Å². The molecule has 1 aromatic carbocycles. The smallest absolute Gasteiger partial charge is 0.119 e. The summed E-state index contributed by atoms with van der Waals surface area (Å²) in [6, 6.07) is 12.4. The highest BCUT2D eigenvalue weighted by Crippen LogP contribution is 2.11. The van der Waals surface area contributed by atoms with Gasteiger partial charge in [-0.2, -0.15) is 15.8 Å². The Balaban J connectivity index is 2.42. The van der Waals surface area contributed by atoms with Gasteiger partial charge < -0.3 is 9.84 Å². The Labute approximate surface area is 117 Å². The molecular weight excluding hydrogens is 256 g/mol. The van der Waals surface area contributed by atoms with E-state index in [-0.39, 0.29) is 26.2 Å². The van der Waals surface area contributed by atoms with Gasteiger partial charge in [-0.3, -0.25) is 4.90 Å². The molecule has 0 aliphatic carbocycles. The SMILES string of the molecule is N#CCN(CC#N)CC(O)COc1ccc(C#N)cc1. The molecule has 1 unspecified atom stereocenters. The number of hydrogen-bond acceptors (Lipinski definition) is 6. The van der Waals surface area contributed by atoms with Crippen LogP contribution >= 0.6 is 0 Å². The van der Waals surface area contributed by atoms with E-state index in [2.05, 4.69) is 0 Å². The summed E-state index contributed by atoms with van der Waals surface area (Å²) < 4.78 is 5.37. The van der Waals surface area contributed by atoms with Gasteiger partial charge in [0.15, 0.2) is 0 Å². The average molecular weight is 270 g/mol. The van der Waals surface area contributed by atoms with Crippen LogP contribution in [-0.2, 0) is 0 Å². The summed E-state index contributed by atoms with van der Waals surface area (Å²) in [6.07, 6.45) is -0.799. The first-order valence-corrected chi connectivity index (χ1v) is 5.97. The number of benzene rings is 1. The molecule has 0 fully saturated rings. The van der Waals surface area contributed by atoms with Crippen molar-refractivity contribution in [3.63, 3.8) is 0 Å². The van der Waals surface area contributed by atoms with Crippen LogP contribution in [0.2, 0.25) is 0 Å². The molecule has 0 aromatic heterocycles. The lowest BCUT2D eigenvalue weighted by atomic mass is 10.2. The number of aliphatic hydroxyl groups is 1. The Bertz CT molecular complexity index is 520. The number of nitrogens with zero attached hydrogens (tertiary/aromatic N) is 4. The monoisotopic (exact) mass is 270 g/mol. The summed E-state index contributed by atoms with van der Waals surface area (Å²) >= 11 is 0. The van der Waals surface area contributed by atoms with Gasteiger partial charge in [-0.25, -0.2) is 0 Å². The van der Waals surface area contributed by atoms with Gasteiger partial charge >= 0.3 is 0 Å². The zero-order valence-corrected chi connectivity index (χ0v) is 10.9. The Hall–Kier alpha value is -2.59.